The van der Waals surface area contributed by atoms with E-state index in [2.05, 4.69) is 13.8 Å². The summed E-state index contributed by atoms with van der Waals surface area (Å²) < 4.78 is 15.3. The summed E-state index contributed by atoms with van der Waals surface area (Å²) in [6, 6.07) is 0. The number of carbonyl (C=O) groups excluding carboxylic acids is 1. The van der Waals surface area contributed by atoms with Crippen LogP contribution in [0.4, 0.5) is 0 Å². The third kappa shape index (κ3) is 11.3. The molecule has 0 aromatic rings. The first-order chi connectivity index (χ1) is 7.16. The molecule has 0 rings (SSSR count). The lowest BCUT2D eigenvalue weighted by molar-refractivity contribution is -0.144. The molecule has 0 aromatic carbocycles. The Morgan fingerprint density at radius 2 is 1.80 bits per heavy atom. The van der Waals surface area contributed by atoms with Crippen LogP contribution in [0.5, 0.6) is 0 Å². The lowest BCUT2D eigenvalue weighted by Gasteiger charge is -2.07. The first-order valence-corrected chi connectivity index (χ1v) is 5.48. The molecule has 0 saturated carbocycles. The number of rotatable bonds is 9. The van der Waals surface area contributed by atoms with Gasteiger partial charge in [0.15, 0.2) is 0 Å². The Bertz CT molecular complexity index is 157. The molecule has 4 heteroatoms. The standard InChI is InChI=1S/C11H22O4/c1-4-15-11(12)5-6-13-7-8-14-9-10(2)3/h10H,4-9H2,1-3H3. The molecule has 0 fully saturated rings. The molecule has 0 aromatic heterocycles. The van der Waals surface area contributed by atoms with E-state index in [0.717, 1.165) is 6.61 Å². The first kappa shape index (κ1) is 14.4. The van der Waals surface area contributed by atoms with Crippen molar-refractivity contribution in [3.63, 3.8) is 0 Å². The second-order valence-corrected chi connectivity index (χ2v) is 3.64. The van der Waals surface area contributed by atoms with Crippen LogP contribution in [-0.2, 0) is 19.0 Å². The minimum Gasteiger partial charge on any atom is -0.466 e. The summed E-state index contributed by atoms with van der Waals surface area (Å²) >= 11 is 0. The second-order valence-electron chi connectivity index (χ2n) is 3.64. The van der Waals surface area contributed by atoms with Crippen molar-refractivity contribution in [2.45, 2.75) is 27.2 Å². The van der Waals surface area contributed by atoms with Crippen LogP contribution in [0.25, 0.3) is 0 Å². The molecule has 90 valence electrons. The molecule has 0 unspecified atom stereocenters. The van der Waals surface area contributed by atoms with Crippen LogP contribution < -0.4 is 0 Å². The first-order valence-electron chi connectivity index (χ1n) is 5.48. The Labute approximate surface area is 91.9 Å². The number of hydrogen-bond acceptors (Lipinski definition) is 4. The Hall–Kier alpha value is -0.610. The fourth-order valence-corrected chi connectivity index (χ4v) is 0.928. The SMILES string of the molecule is CCOC(=O)CCOCCOCC(C)C. The molecule has 0 bridgehead atoms. The number of esters is 1. The molecular weight excluding hydrogens is 196 g/mol. The van der Waals surface area contributed by atoms with Crippen molar-refractivity contribution in [1.82, 2.24) is 0 Å². The van der Waals surface area contributed by atoms with Gasteiger partial charge in [0.25, 0.3) is 0 Å². The third-order valence-corrected chi connectivity index (χ3v) is 1.58. The molecule has 0 atom stereocenters. The zero-order chi connectivity index (χ0) is 11.5. The lowest BCUT2D eigenvalue weighted by Crippen LogP contribution is -2.12. The van der Waals surface area contributed by atoms with Crippen molar-refractivity contribution in [2.24, 2.45) is 5.92 Å². The maximum atomic E-state index is 10.9. The summed E-state index contributed by atoms with van der Waals surface area (Å²) in [6.45, 7) is 8.69. The van der Waals surface area contributed by atoms with E-state index in [1.165, 1.54) is 0 Å². The molecule has 0 aliphatic rings. The molecule has 0 radical (unpaired) electrons. The fraction of sp³-hybridized carbons (Fsp3) is 0.909. The summed E-state index contributed by atoms with van der Waals surface area (Å²) in [6.07, 6.45) is 0.317. The van der Waals surface area contributed by atoms with Gasteiger partial charge in [0.05, 0.1) is 32.8 Å². The third-order valence-electron chi connectivity index (χ3n) is 1.58. The van der Waals surface area contributed by atoms with Gasteiger partial charge in [-0.3, -0.25) is 4.79 Å². The topological polar surface area (TPSA) is 44.8 Å². The van der Waals surface area contributed by atoms with Gasteiger partial charge >= 0.3 is 5.97 Å². The van der Waals surface area contributed by atoms with Crippen molar-refractivity contribution in [1.29, 1.82) is 0 Å². The van der Waals surface area contributed by atoms with Crippen LogP contribution in [0.1, 0.15) is 27.2 Å². The molecule has 0 N–H and O–H groups in total. The van der Waals surface area contributed by atoms with Crippen molar-refractivity contribution >= 4 is 5.97 Å². The molecular formula is C11H22O4. The Morgan fingerprint density at radius 1 is 1.13 bits per heavy atom. The molecule has 0 aliphatic heterocycles. The quantitative estimate of drug-likeness (QED) is 0.436. The van der Waals surface area contributed by atoms with E-state index in [9.17, 15) is 4.79 Å². The fourth-order valence-electron chi connectivity index (χ4n) is 0.928. The molecule has 0 spiro atoms. The minimum atomic E-state index is -0.208. The van der Waals surface area contributed by atoms with Gasteiger partial charge < -0.3 is 14.2 Å². The second kappa shape index (κ2) is 9.93. The predicted molar refractivity (Wildman–Crippen MR) is 57.7 cm³/mol. The highest BCUT2D eigenvalue weighted by molar-refractivity contribution is 5.69. The van der Waals surface area contributed by atoms with Gasteiger partial charge in [-0.15, -0.1) is 0 Å². The van der Waals surface area contributed by atoms with Crippen LogP contribution in [0.2, 0.25) is 0 Å². The number of ether oxygens (including phenoxy) is 3. The van der Waals surface area contributed by atoms with E-state index < -0.39 is 0 Å². The van der Waals surface area contributed by atoms with Gasteiger partial charge in [-0.25, -0.2) is 0 Å². The average molecular weight is 218 g/mol. The smallest absolute Gasteiger partial charge is 0.308 e. The van der Waals surface area contributed by atoms with Gasteiger partial charge in [0.1, 0.15) is 0 Å². The highest BCUT2D eigenvalue weighted by Crippen LogP contribution is 1.92. The Kier molecular flexibility index (Phi) is 9.52. The van der Waals surface area contributed by atoms with Gasteiger partial charge in [-0.2, -0.15) is 0 Å². The number of carbonyl (C=O) groups is 1. The van der Waals surface area contributed by atoms with Crippen LogP contribution in [0.3, 0.4) is 0 Å². The maximum absolute atomic E-state index is 10.9. The van der Waals surface area contributed by atoms with Gasteiger partial charge in [0, 0.05) is 6.61 Å². The van der Waals surface area contributed by atoms with Crippen LogP contribution in [0, 0.1) is 5.92 Å². The minimum absolute atomic E-state index is 0.208. The summed E-state index contributed by atoms with van der Waals surface area (Å²) in [5, 5.41) is 0. The normalized spacial score (nSPS) is 10.7. The van der Waals surface area contributed by atoms with Gasteiger partial charge in [0.2, 0.25) is 0 Å². The van der Waals surface area contributed by atoms with E-state index >= 15 is 0 Å². The highest BCUT2D eigenvalue weighted by Gasteiger charge is 2.00. The predicted octanol–water partition coefficient (Wildman–Crippen LogP) is 1.63. The zero-order valence-electron chi connectivity index (χ0n) is 9.95. The summed E-state index contributed by atoms with van der Waals surface area (Å²) in [4.78, 5) is 10.9. The van der Waals surface area contributed by atoms with Crippen LogP contribution in [0.15, 0.2) is 0 Å². The molecule has 0 heterocycles. The summed E-state index contributed by atoms with van der Waals surface area (Å²) in [5.74, 6) is 0.338. The molecule has 0 aliphatic carbocycles. The summed E-state index contributed by atoms with van der Waals surface area (Å²) in [5.41, 5.74) is 0. The number of hydrogen-bond donors (Lipinski definition) is 0. The monoisotopic (exact) mass is 218 g/mol. The van der Waals surface area contributed by atoms with Crippen molar-refractivity contribution in [3.05, 3.63) is 0 Å². The van der Waals surface area contributed by atoms with Crippen molar-refractivity contribution < 1.29 is 19.0 Å². The summed E-state index contributed by atoms with van der Waals surface area (Å²) in [7, 11) is 0. The van der Waals surface area contributed by atoms with Crippen LogP contribution >= 0.6 is 0 Å². The van der Waals surface area contributed by atoms with Crippen molar-refractivity contribution in [2.75, 3.05) is 33.0 Å². The van der Waals surface area contributed by atoms with Gasteiger partial charge in [-0.1, -0.05) is 13.8 Å². The largest absolute Gasteiger partial charge is 0.466 e. The lowest BCUT2D eigenvalue weighted by atomic mass is 10.2. The van der Waals surface area contributed by atoms with E-state index in [1.54, 1.807) is 6.92 Å². The Balaban J connectivity index is 3.08. The van der Waals surface area contributed by atoms with Crippen LogP contribution in [-0.4, -0.2) is 39.0 Å². The highest BCUT2D eigenvalue weighted by atomic mass is 16.5. The molecule has 0 amide bonds. The van der Waals surface area contributed by atoms with E-state index in [0.29, 0.717) is 38.8 Å². The van der Waals surface area contributed by atoms with E-state index in [1.807, 2.05) is 0 Å². The Morgan fingerprint density at radius 3 is 2.40 bits per heavy atom. The molecule has 4 nitrogen and oxygen atoms in total. The van der Waals surface area contributed by atoms with E-state index in [-0.39, 0.29) is 5.97 Å². The molecule has 0 saturated heterocycles. The van der Waals surface area contributed by atoms with Gasteiger partial charge in [-0.05, 0) is 12.8 Å². The average Bonchev–Trinajstić information content (AvgIpc) is 2.16. The van der Waals surface area contributed by atoms with Crippen molar-refractivity contribution in [3.8, 4) is 0 Å². The van der Waals surface area contributed by atoms with E-state index in [4.69, 9.17) is 14.2 Å². The zero-order valence-corrected chi connectivity index (χ0v) is 9.95. The molecule has 15 heavy (non-hydrogen) atoms. The maximum Gasteiger partial charge on any atom is 0.308 e.